The molecule has 2 aromatic heterocycles. The molecule has 178 valence electrons. The maximum absolute atomic E-state index is 15.1. The van der Waals surface area contributed by atoms with E-state index in [9.17, 15) is 19.5 Å². The second kappa shape index (κ2) is 8.40. The van der Waals surface area contributed by atoms with Crippen LogP contribution in [0.3, 0.4) is 0 Å². The number of carbonyl (C=O) groups is 2. The first-order chi connectivity index (χ1) is 15.5. The summed E-state index contributed by atoms with van der Waals surface area (Å²) in [6.45, 7) is 8.49. The van der Waals surface area contributed by atoms with Crippen molar-refractivity contribution in [3.63, 3.8) is 0 Å². The molecule has 1 amide bonds. The second-order valence-electron chi connectivity index (χ2n) is 9.88. The third kappa shape index (κ3) is 4.57. The number of anilines is 1. The number of carbonyl (C=O) groups excluding carboxylic acids is 1. The summed E-state index contributed by atoms with van der Waals surface area (Å²) in [6.07, 6.45) is 4.40. The van der Waals surface area contributed by atoms with Gasteiger partial charge in [-0.2, -0.15) is 0 Å². The van der Waals surface area contributed by atoms with E-state index in [2.05, 4.69) is 4.98 Å². The molecule has 2 aromatic rings. The number of fused-ring (bicyclic) bond motifs is 1. The Morgan fingerprint density at radius 3 is 2.64 bits per heavy atom. The molecule has 33 heavy (non-hydrogen) atoms. The largest absolute Gasteiger partial charge is 0.477 e. The third-order valence-corrected chi connectivity index (χ3v) is 6.20. The second-order valence-corrected chi connectivity index (χ2v) is 9.88. The number of carboxylic acids is 1. The molecule has 2 unspecified atom stereocenters. The molecule has 9 nitrogen and oxygen atoms in total. The lowest BCUT2D eigenvalue weighted by Crippen LogP contribution is -2.43. The molecular formula is C23H29FN4O5. The van der Waals surface area contributed by atoms with Crippen molar-refractivity contribution in [2.24, 2.45) is 5.92 Å². The highest BCUT2D eigenvalue weighted by Crippen LogP contribution is 2.37. The summed E-state index contributed by atoms with van der Waals surface area (Å²) < 4.78 is 16.8. The minimum absolute atomic E-state index is 0.0297. The predicted octanol–water partition coefficient (Wildman–Crippen LogP) is 2.97. The van der Waals surface area contributed by atoms with Crippen LogP contribution in [0.1, 0.15) is 63.4 Å². The fourth-order valence-corrected chi connectivity index (χ4v) is 4.34. The zero-order valence-electron chi connectivity index (χ0n) is 19.2. The Bertz CT molecular complexity index is 1150. The number of hydroxylamine groups is 2. The van der Waals surface area contributed by atoms with E-state index >= 15 is 4.39 Å². The van der Waals surface area contributed by atoms with Gasteiger partial charge in [-0.05, 0) is 53.0 Å². The van der Waals surface area contributed by atoms with Crippen molar-refractivity contribution in [1.29, 1.82) is 0 Å². The van der Waals surface area contributed by atoms with Gasteiger partial charge in [0.25, 0.3) is 0 Å². The summed E-state index contributed by atoms with van der Waals surface area (Å²) in [5, 5.41) is 10.7. The first-order valence-electron chi connectivity index (χ1n) is 11.2. The Hall–Kier alpha value is -3.01. The fourth-order valence-electron chi connectivity index (χ4n) is 4.34. The van der Waals surface area contributed by atoms with Gasteiger partial charge in [-0.1, -0.05) is 0 Å². The van der Waals surface area contributed by atoms with Crippen LogP contribution in [0.4, 0.5) is 10.2 Å². The summed E-state index contributed by atoms with van der Waals surface area (Å²) in [6, 6.07) is 0.930. The number of hydrogen-bond donors (Lipinski definition) is 1. The molecular weight excluding hydrogens is 431 g/mol. The Labute approximate surface area is 190 Å². The van der Waals surface area contributed by atoms with Crippen LogP contribution >= 0.6 is 0 Å². The summed E-state index contributed by atoms with van der Waals surface area (Å²) in [5.74, 6) is -1.84. The van der Waals surface area contributed by atoms with E-state index in [4.69, 9.17) is 4.84 Å². The number of rotatable bonds is 7. The van der Waals surface area contributed by atoms with Gasteiger partial charge in [0.2, 0.25) is 11.8 Å². The Morgan fingerprint density at radius 1 is 1.36 bits per heavy atom. The van der Waals surface area contributed by atoms with Gasteiger partial charge in [-0.15, -0.1) is 0 Å². The lowest BCUT2D eigenvalue weighted by atomic mass is 10.0. The lowest BCUT2D eigenvalue weighted by Gasteiger charge is -2.34. The molecule has 3 heterocycles. The van der Waals surface area contributed by atoms with Crippen molar-refractivity contribution >= 4 is 29.2 Å². The van der Waals surface area contributed by atoms with Crippen LogP contribution in [0.5, 0.6) is 0 Å². The van der Waals surface area contributed by atoms with Gasteiger partial charge in [-0.25, -0.2) is 19.2 Å². The molecule has 1 aliphatic carbocycles. The normalized spacial score (nSPS) is 19.7. The van der Waals surface area contributed by atoms with Gasteiger partial charge < -0.3 is 14.6 Å². The number of amides is 1. The number of carboxylic acid groups (broad SMARTS) is 1. The molecule has 1 saturated carbocycles. The molecule has 4 rings (SSSR count). The highest BCUT2D eigenvalue weighted by molar-refractivity contribution is 5.92. The monoisotopic (exact) mass is 460 g/mol. The van der Waals surface area contributed by atoms with Gasteiger partial charge in [-0.3, -0.25) is 14.4 Å². The van der Waals surface area contributed by atoms with E-state index in [1.54, 1.807) is 4.57 Å². The van der Waals surface area contributed by atoms with Crippen LogP contribution in [0.25, 0.3) is 11.0 Å². The molecule has 2 atom stereocenters. The smallest absolute Gasteiger partial charge is 0.341 e. The van der Waals surface area contributed by atoms with E-state index < -0.39 is 22.8 Å². The summed E-state index contributed by atoms with van der Waals surface area (Å²) in [5.41, 5.74) is -1.35. The van der Waals surface area contributed by atoms with Gasteiger partial charge in [0.15, 0.2) is 11.6 Å². The Balaban J connectivity index is 1.65. The van der Waals surface area contributed by atoms with E-state index in [0.29, 0.717) is 31.6 Å². The van der Waals surface area contributed by atoms with E-state index in [1.807, 2.05) is 32.6 Å². The summed E-state index contributed by atoms with van der Waals surface area (Å²) in [4.78, 5) is 47.8. The molecule has 0 spiro atoms. The first-order valence-corrected chi connectivity index (χ1v) is 11.2. The maximum Gasteiger partial charge on any atom is 0.341 e. The van der Waals surface area contributed by atoms with Crippen LogP contribution in [-0.2, 0) is 9.63 Å². The number of nitrogens with zero attached hydrogens (tertiary/aromatic N) is 4. The number of pyridine rings is 2. The minimum atomic E-state index is -1.34. The van der Waals surface area contributed by atoms with E-state index in [-0.39, 0.29) is 34.8 Å². The third-order valence-electron chi connectivity index (χ3n) is 6.20. The topological polar surface area (TPSA) is 105 Å². The fraction of sp³-hybridized carbons (Fsp3) is 0.565. The van der Waals surface area contributed by atoms with Crippen molar-refractivity contribution in [1.82, 2.24) is 14.6 Å². The molecule has 2 aliphatic rings. The van der Waals surface area contributed by atoms with Crippen molar-refractivity contribution in [3.05, 3.63) is 33.9 Å². The Morgan fingerprint density at radius 2 is 2.06 bits per heavy atom. The van der Waals surface area contributed by atoms with Crippen molar-refractivity contribution in [2.45, 2.75) is 64.6 Å². The molecule has 0 radical (unpaired) electrons. The van der Waals surface area contributed by atoms with Crippen molar-refractivity contribution in [3.8, 4) is 0 Å². The predicted molar refractivity (Wildman–Crippen MR) is 120 cm³/mol. The van der Waals surface area contributed by atoms with Crippen LogP contribution in [-0.4, -0.2) is 56.8 Å². The zero-order valence-corrected chi connectivity index (χ0v) is 19.2. The first kappa shape index (κ1) is 23.2. The molecule has 1 N–H and O–H groups in total. The number of aromatic carboxylic acids is 1. The summed E-state index contributed by atoms with van der Waals surface area (Å²) in [7, 11) is 0. The quantitative estimate of drug-likeness (QED) is 0.500. The van der Waals surface area contributed by atoms with Crippen LogP contribution in [0, 0.1) is 11.7 Å². The number of halogens is 1. The minimum Gasteiger partial charge on any atom is -0.477 e. The summed E-state index contributed by atoms with van der Waals surface area (Å²) >= 11 is 0. The highest BCUT2D eigenvalue weighted by Gasteiger charge is 2.35. The maximum atomic E-state index is 15.1. The SMILES string of the molecule is CC(C1CCN(c2nc3c(cc2F)c(=O)c(C(=O)O)cn3C2CC2)C1)N(C=O)OC(C)(C)C. The number of aromatic nitrogens is 2. The van der Waals surface area contributed by atoms with Gasteiger partial charge in [0, 0.05) is 31.2 Å². The lowest BCUT2D eigenvalue weighted by molar-refractivity contribution is -0.235. The Kier molecular flexibility index (Phi) is 5.90. The van der Waals surface area contributed by atoms with Gasteiger partial charge in [0.05, 0.1) is 17.0 Å². The molecule has 10 heteroatoms. The standard InChI is InChI=1S/C23H29FN4O5/c1-13(28(12-29)33-23(2,3)4)14-7-8-26(10-14)21-18(24)9-16-19(30)17(22(31)32)11-27(15-5-6-15)20(16)25-21/h9,11-15H,5-8,10H2,1-4H3,(H,31,32). The average Bonchev–Trinajstić information content (AvgIpc) is 3.47. The molecule has 0 aromatic carbocycles. The van der Waals surface area contributed by atoms with E-state index in [1.165, 1.54) is 11.3 Å². The molecule has 1 aliphatic heterocycles. The van der Waals surface area contributed by atoms with Gasteiger partial charge >= 0.3 is 5.97 Å². The van der Waals surface area contributed by atoms with Crippen LogP contribution < -0.4 is 10.3 Å². The zero-order chi connectivity index (χ0) is 24.1. The molecule has 2 fully saturated rings. The number of hydrogen-bond acceptors (Lipinski definition) is 6. The van der Waals surface area contributed by atoms with Crippen molar-refractivity contribution in [2.75, 3.05) is 18.0 Å². The van der Waals surface area contributed by atoms with Crippen molar-refractivity contribution < 1.29 is 23.9 Å². The highest BCUT2D eigenvalue weighted by atomic mass is 19.1. The van der Waals surface area contributed by atoms with E-state index in [0.717, 1.165) is 18.9 Å². The van der Waals surface area contributed by atoms with Crippen LogP contribution in [0.2, 0.25) is 0 Å². The molecule has 1 saturated heterocycles. The average molecular weight is 461 g/mol. The molecule has 0 bridgehead atoms. The van der Waals surface area contributed by atoms with Gasteiger partial charge in [0.1, 0.15) is 11.2 Å². The van der Waals surface area contributed by atoms with Crippen LogP contribution in [0.15, 0.2) is 17.1 Å².